The molecule has 15 heavy (non-hydrogen) atoms. The molecule has 0 saturated carbocycles. The number of nitrogens with two attached hydrogens (primary N) is 2. The van der Waals surface area contributed by atoms with Crippen molar-refractivity contribution in [3.05, 3.63) is 11.9 Å². The lowest BCUT2D eigenvalue weighted by molar-refractivity contribution is -0.138. The first-order chi connectivity index (χ1) is 6.82. The van der Waals surface area contributed by atoms with Crippen molar-refractivity contribution in [1.82, 2.24) is 0 Å². The van der Waals surface area contributed by atoms with Crippen LogP contribution < -0.4 is 11.5 Å². The van der Waals surface area contributed by atoms with Gasteiger partial charge >= 0.3 is 5.97 Å². The molecule has 5 nitrogen and oxygen atoms in total. The molecule has 0 bridgehead atoms. The minimum Gasteiger partial charge on any atom is -0.480 e. The van der Waals surface area contributed by atoms with Gasteiger partial charge in [-0.3, -0.25) is 9.79 Å². The van der Waals surface area contributed by atoms with Gasteiger partial charge in [-0.15, -0.1) is 0 Å². The SMILES string of the molecule is CC(N)=NC(C)C=C(F)C[C@H](N)C(=O)O. The first-order valence-electron chi connectivity index (χ1n) is 4.47. The Morgan fingerprint density at radius 3 is 2.60 bits per heavy atom. The molecule has 5 N–H and O–H groups in total. The van der Waals surface area contributed by atoms with Gasteiger partial charge in [0.15, 0.2) is 0 Å². The zero-order chi connectivity index (χ0) is 12.0. The Labute approximate surface area is 87.7 Å². The fourth-order valence-corrected chi connectivity index (χ4v) is 0.986. The van der Waals surface area contributed by atoms with Gasteiger partial charge in [0.1, 0.15) is 11.9 Å². The van der Waals surface area contributed by atoms with E-state index in [-0.39, 0.29) is 6.42 Å². The van der Waals surface area contributed by atoms with E-state index in [0.29, 0.717) is 5.84 Å². The van der Waals surface area contributed by atoms with Crippen LogP contribution in [0, 0.1) is 0 Å². The molecular weight excluding hydrogens is 201 g/mol. The van der Waals surface area contributed by atoms with E-state index < -0.39 is 23.9 Å². The molecule has 1 unspecified atom stereocenters. The maximum absolute atomic E-state index is 13.1. The number of carbonyl (C=O) groups is 1. The smallest absolute Gasteiger partial charge is 0.320 e. The Balaban J connectivity index is 4.32. The van der Waals surface area contributed by atoms with Crippen molar-refractivity contribution in [2.45, 2.75) is 32.4 Å². The number of carboxylic acids is 1. The zero-order valence-corrected chi connectivity index (χ0v) is 8.77. The highest BCUT2D eigenvalue weighted by Crippen LogP contribution is 2.08. The molecule has 0 aromatic heterocycles. The van der Waals surface area contributed by atoms with E-state index in [0.717, 1.165) is 0 Å². The van der Waals surface area contributed by atoms with Gasteiger partial charge in [0.2, 0.25) is 0 Å². The standard InChI is InChI=1S/C9H16FN3O2/c1-5(13-6(2)11)3-7(10)4-8(12)9(14)15/h3,5,8H,4,12H2,1-2H3,(H2,11,13)(H,14,15)/t5?,8-/m0/s1. The average Bonchev–Trinajstić information content (AvgIpc) is 2.00. The van der Waals surface area contributed by atoms with E-state index in [9.17, 15) is 9.18 Å². The van der Waals surface area contributed by atoms with Crippen molar-refractivity contribution in [3.63, 3.8) is 0 Å². The highest BCUT2D eigenvalue weighted by Gasteiger charge is 2.14. The van der Waals surface area contributed by atoms with Gasteiger partial charge in [0.25, 0.3) is 0 Å². The average molecular weight is 217 g/mol. The van der Waals surface area contributed by atoms with Crippen LogP contribution in [0.25, 0.3) is 0 Å². The van der Waals surface area contributed by atoms with Crippen LogP contribution in [-0.4, -0.2) is 29.0 Å². The van der Waals surface area contributed by atoms with Crippen molar-refractivity contribution in [2.24, 2.45) is 16.5 Å². The van der Waals surface area contributed by atoms with Gasteiger partial charge in [0, 0.05) is 6.42 Å². The summed E-state index contributed by atoms with van der Waals surface area (Å²) in [5.41, 5.74) is 10.5. The molecule has 86 valence electrons. The van der Waals surface area contributed by atoms with Crippen molar-refractivity contribution < 1.29 is 14.3 Å². The maximum atomic E-state index is 13.1. The normalized spacial score (nSPS) is 17.3. The molecular formula is C9H16FN3O2. The molecule has 6 heteroatoms. The minimum atomic E-state index is -1.23. The van der Waals surface area contributed by atoms with E-state index >= 15 is 0 Å². The Morgan fingerprint density at radius 2 is 2.20 bits per heavy atom. The number of carboxylic acid groups (broad SMARTS) is 1. The van der Waals surface area contributed by atoms with Crippen LogP contribution in [0.1, 0.15) is 20.3 Å². The second-order valence-electron chi connectivity index (χ2n) is 3.27. The zero-order valence-electron chi connectivity index (χ0n) is 8.77. The van der Waals surface area contributed by atoms with Gasteiger partial charge < -0.3 is 16.6 Å². The van der Waals surface area contributed by atoms with Crippen molar-refractivity contribution >= 4 is 11.8 Å². The number of hydrogen-bond donors (Lipinski definition) is 3. The van der Waals surface area contributed by atoms with E-state index in [2.05, 4.69) is 4.99 Å². The van der Waals surface area contributed by atoms with E-state index in [1.54, 1.807) is 13.8 Å². The number of aliphatic imine (C=N–C) groups is 1. The van der Waals surface area contributed by atoms with Crippen molar-refractivity contribution in [1.29, 1.82) is 0 Å². The number of nitrogens with zero attached hydrogens (tertiary/aromatic N) is 1. The molecule has 0 saturated heterocycles. The summed E-state index contributed by atoms with van der Waals surface area (Å²) >= 11 is 0. The molecule has 0 aromatic rings. The Morgan fingerprint density at radius 1 is 1.67 bits per heavy atom. The molecule has 0 amide bonds. The first kappa shape index (κ1) is 13.6. The second-order valence-corrected chi connectivity index (χ2v) is 3.27. The summed E-state index contributed by atoms with van der Waals surface area (Å²) in [6.45, 7) is 3.23. The lowest BCUT2D eigenvalue weighted by atomic mass is 10.2. The quantitative estimate of drug-likeness (QED) is 0.458. The Kier molecular flexibility index (Phi) is 5.54. The van der Waals surface area contributed by atoms with Gasteiger partial charge in [-0.25, -0.2) is 4.39 Å². The highest BCUT2D eigenvalue weighted by molar-refractivity contribution is 5.77. The molecule has 0 spiro atoms. The molecule has 0 aliphatic heterocycles. The van der Waals surface area contributed by atoms with Gasteiger partial charge in [-0.1, -0.05) is 0 Å². The van der Waals surface area contributed by atoms with Gasteiger partial charge in [0.05, 0.1) is 11.9 Å². The number of aliphatic carboxylic acids is 1. The number of halogens is 1. The van der Waals surface area contributed by atoms with Crippen LogP contribution in [-0.2, 0) is 4.79 Å². The van der Waals surface area contributed by atoms with Crippen LogP contribution in [0.2, 0.25) is 0 Å². The van der Waals surface area contributed by atoms with E-state index in [1.807, 2.05) is 0 Å². The van der Waals surface area contributed by atoms with Crippen LogP contribution in [0.4, 0.5) is 4.39 Å². The van der Waals surface area contributed by atoms with E-state index in [1.165, 1.54) is 6.08 Å². The second kappa shape index (κ2) is 6.13. The van der Waals surface area contributed by atoms with E-state index in [4.69, 9.17) is 16.6 Å². The van der Waals surface area contributed by atoms with Gasteiger partial charge in [-0.05, 0) is 19.9 Å². The third-order valence-electron chi connectivity index (χ3n) is 1.56. The van der Waals surface area contributed by atoms with Crippen LogP contribution in [0.5, 0.6) is 0 Å². The lowest BCUT2D eigenvalue weighted by Gasteiger charge is -2.05. The highest BCUT2D eigenvalue weighted by atomic mass is 19.1. The number of hydrogen-bond acceptors (Lipinski definition) is 3. The molecule has 0 aromatic carbocycles. The third-order valence-corrected chi connectivity index (χ3v) is 1.56. The van der Waals surface area contributed by atoms with Crippen LogP contribution >= 0.6 is 0 Å². The summed E-state index contributed by atoms with van der Waals surface area (Å²) in [4.78, 5) is 14.2. The largest absolute Gasteiger partial charge is 0.480 e. The maximum Gasteiger partial charge on any atom is 0.320 e. The fourth-order valence-electron chi connectivity index (χ4n) is 0.986. The molecule has 0 radical (unpaired) electrons. The topological polar surface area (TPSA) is 102 Å². The number of amidine groups is 1. The van der Waals surface area contributed by atoms with Crippen LogP contribution in [0.3, 0.4) is 0 Å². The Hall–Kier alpha value is -1.43. The third kappa shape index (κ3) is 6.62. The predicted octanol–water partition coefficient (Wildman–Crippen LogP) is 0.407. The Bertz CT molecular complexity index is 285. The van der Waals surface area contributed by atoms with Crippen molar-refractivity contribution in [3.8, 4) is 0 Å². The molecule has 0 rings (SSSR count). The molecule has 0 fully saturated rings. The number of rotatable bonds is 5. The predicted molar refractivity (Wildman–Crippen MR) is 56.2 cm³/mol. The summed E-state index contributed by atoms with van der Waals surface area (Å²) in [6.07, 6.45) is 0.859. The summed E-state index contributed by atoms with van der Waals surface area (Å²) < 4.78 is 13.1. The summed E-state index contributed by atoms with van der Waals surface area (Å²) in [5.74, 6) is -1.49. The monoisotopic (exact) mass is 217 g/mol. The van der Waals surface area contributed by atoms with Crippen LogP contribution in [0.15, 0.2) is 16.9 Å². The van der Waals surface area contributed by atoms with Gasteiger partial charge in [-0.2, -0.15) is 0 Å². The molecule has 2 atom stereocenters. The minimum absolute atomic E-state index is 0.335. The molecule has 0 heterocycles. The molecule has 0 aliphatic rings. The summed E-state index contributed by atoms with van der Waals surface area (Å²) in [5, 5.41) is 8.44. The molecule has 0 aliphatic carbocycles. The van der Waals surface area contributed by atoms with Crippen molar-refractivity contribution in [2.75, 3.05) is 0 Å². The lowest BCUT2D eigenvalue weighted by Crippen LogP contribution is -2.30. The summed E-state index contributed by atoms with van der Waals surface area (Å²) in [7, 11) is 0. The fraction of sp³-hybridized carbons (Fsp3) is 0.556. The summed E-state index contributed by atoms with van der Waals surface area (Å²) in [6, 6.07) is -1.65. The first-order valence-corrected chi connectivity index (χ1v) is 4.47.